The Morgan fingerprint density at radius 2 is 1.85 bits per heavy atom. The fourth-order valence-corrected chi connectivity index (χ4v) is 3.12. The highest BCUT2D eigenvalue weighted by Crippen LogP contribution is 2.38. The summed E-state index contributed by atoms with van der Waals surface area (Å²) in [5, 5.41) is 19.1. The topological polar surface area (TPSA) is 75.3 Å². The maximum Gasteiger partial charge on any atom is 0.417 e. The van der Waals surface area contributed by atoms with Gasteiger partial charge in [-0.05, 0) is 25.0 Å². The van der Waals surface area contributed by atoms with Gasteiger partial charge in [-0.2, -0.15) is 13.2 Å². The summed E-state index contributed by atoms with van der Waals surface area (Å²) < 4.78 is 42.6. The first kappa shape index (κ1) is 21.0. The Labute approximate surface area is 155 Å². The molecule has 0 spiro atoms. The van der Waals surface area contributed by atoms with Gasteiger partial charge < -0.3 is 14.8 Å². The molecule has 5 nitrogen and oxygen atoms in total. The first-order valence-corrected chi connectivity index (χ1v) is 8.43. The van der Waals surface area contributed by atoms with E-state index >= 15 is 0 Å². The summed E-state index contributed by atoms with van der Waals surface area (Å²) in [5.41, 5.74) is -1.64. The number of hydrogen-bond donors (Lipinski definition) is 2. The van der Waals surface area contributed by atoms with Crippen molar-refractivity contribution in [1.29, 1.82) is 0 Å². The molecule has 27 heavy (non-hydrogen) atoms. The predicted octanol–water partition coefficient (Wildman–Crippen LogP) is 4.31. The number of rotatable bonds is 4. The van der Waals surface area contributed by atoms with E-state index in [9.17, 15) is 28.2 Å². The molecule has 0 radical (unpaired) electrons. The first-order chi connectivity index (χ1) is 12.2. The molecule has 0 saturated carbocycles. The van der Waals surface area contributed by atoms with Crippen molar-refractivity contribution in [2.24, 2.45) is 0 Å². The molecule has 1 atom stereocenters. The zero-order valence-electron chi connectivity index (χ0n) is 15.8. The molecule has 1 heterocycles. The highest BCUT2D eigenvalue weighted by Gasteiger charge is 2.37. The van der Waals surface area contributed by atoms with Crippen molar-refractivity contribution < 1.29 is 28.2 Å². The lowest BCUT2D eigenvalue weighted by atomic mass is 9.94. The number of aliphatic hydroxyl groups is 1. The van der Waals surface area contributed by atoms with Crippen LogP contribution in [0.3, 0.4) is 0 Å². The average molecular weight is 384 g/mol. The van der Waals surface area contributed by atoms with Crippen molar-refractivity contribution in [2.45, 2.75) is 58.9 Å². The van der Waals surface area contributed by atoms with Crippen LogP contribution in [0.4, 0.5) is 13.2 Å². The van der Waals surface area contributed by atoms with Crippen molar-refractivity contribution in [3.63, 3.8) is 0 Å². The zero-order valence-corrected chi connectivity index (χ0v) is 15.8. The molecule has 0 aliphatic heterocycles. The maximum atomic E-state index is 13.7. The van der Waals surface area contributed by atoms with E-state index in [1.165, 1.54) is 36.6 Å². The Morgan fingerprint density at radius 3 is 2.30 bits per heavy atom. The first-order valence-electron chi connectivity index (χ1n) is 8.43. The Morgan fingerprint density at radius 1 is 1.26 bits per heavy atom. The molecule has 148 valence electrons. The number of imidazole rings is 1. The number of carboxylic acids is 1. The minimum Gasteiger partial charge on any atom is -0.476 e. The highest BCUT2D eigenvalue weighted by atomic mass is 19.4. The molecule has 0 aliphatic carbocycles. The Balaban J connectivity index is 2.72. The Kier molecular flexibility index (Phi) is 5.43. The third-order valence-corrected chi connectivity index (χ3v) is 4.34. The van der Waals surface area contributed by atoms with Gasteiger partial charge in [-0.15, -0.1) is 0 Å². The van der Waals surface area contributed by atoms with Crippen LogP contribution in [-0.2, 0) is 18.1 Å². The van der Waals surface area contributed by atoms with Gasteiger partial charge in [-0.25, -0.2) is 9.78 Å². The van der Waals surface area contributed by atoms with Crippen LogP contribution < -0.4 is 0 Å². The molecule has 0 saturated heterocycles. The van der Waals surface area contributed by atoms with Crippen LogP contribution in [0.25, 0.3) is 0 Å². The zero-order chi connectivity index (χ0) is 20.7. The number of carbonyl (C=O) groups is 1. The van der Waals surface area contributed by atoms with Gasteiger partial charge in [0.15, 0.2) is 5.69 Å². The predicted molar refractivity (Wildman–Crippen MR) is 93.8 cm³/mol. The monoisotopic (exact) mass is 384 g/mol. The summed E-state index contributed by atoms with van der Waals surface area (Å²) in [6.07, 6.45) is -5.95. The second kappa shape index (κ2) is 6.99. The molecule has 0 aliphatic rings. The van der Waals surface area contributed by atoms with Crippen molar-refractivity contribution >= 4 is 5.97 Å². The van der Waals surface area contributed by atoms with Crippen molar-refractivity contribution in [2.75, 3.05) is 0 Å². The Hall–Kier alpha value is -2.35. The molecule has 1 aromatic heterocycles. The number of carboxylic acid groups (broad SMARTS) is 1. The minimum atomic E-state index is -4.66. The molecule has 1 aromatic carbocycles. The van der Waals surface area contributed by atoms with Crippen LogP contribution in [0, 0.1) is 6.92 Å². The molecule has 1 unspecified atom stereocenters. The maximum absolute atomic E-state index is 13.7. The quantitative estimate of drug-likeness (QED) is 0.824. The van der Waals surface area contributed by atoms with E-state index in [-0.39, 0.29) is 29.1 Å². The fourth-order valence-electron chi connectivity index (χ4n) is 3.12. The molecule has 0 bridgehead atoms. The van der Waals surface area contributed by atoms with E-state index < -0.39 is 29.2 Å². The van der Waals surface area contributed by atoms with Crippen LogP contribution >= 0.6 is 0 Å². The van der Waals surface area contributed by atoms with Crippen LogP contribution in [-0.4, -0.2) is 25.7 Å². The smallest absolute Gasteiger partial charge is 0.417 e. The van der Waals surface area contributed by atoms with E-state index in [0.29, 0.717) is 5.82 Å². The summed E-state index contributed by atoms with van der Waals surface area (Å²) in [4.78, 5) is 15.6. The molecule has 2 N–H and O–H groups in total. The van der Waals surface area contributed by atoms with E-state index in [0.717, 1.165) is 0 Å². The minimum absolute atomic E-state index is 0.0520. The highest BCUT2D eigenvalue weighted by molar-refractivity contribution is 5.86. The summed E-state index contributed by atoms with van der Waals surface area (Å²) in [7, 11) is 0. The Bertz CT molecular complexity index is 862. The van der Waals surface area contributed by atoms with Gasteiger partial charge in [0.2, 0.25) is 0 Å². The van der Waals surface area contributed by atoms with Crippen molar-refractivity contribution in [3.8, 4) is 0 Å². The number of alkyl halides is 3. The molecule has 0 fully saturated rings. The van der Waals surface area contributed by atoms with Crippen LogP contribution in [0.2, 0.25) is 0 Å². The number of aromatic nitrogens is 2. The molecule has 8 heteroatoms. The number of halogens is 3. The van der Waals surface area contributed by atoms with Gasteiger partial charge in [0.1, 0.15) is 5.82 Å². The second-order valence-electron chi connectivity index (χ2n) is 7.57. The average Bonchev–Trinajstić information content (AvgIpc) is 2.83. The summed E-state index contributed by atoms with van der Waals surface area (Å²) in [6, 6.07) is 4.03. The molecule has 2 aromatic rings. The van der Waals surface area contributed by atoms with Crippen molar-refractivity contribution in [1.82, 2.24) is 9.55 Å². The van der Waals surface area contributed by atoms with Gasteiger partial charge in [0.25, 0.3) is 0 Å². The lowest BCUT2D eigenvalue weighted by Gasteiger charge is -2.23. The third-order valence-electron chi connectivity index (χ3n) is 4.34. The number of nitrogens with zero attached hydrogens (tertiary/aromatic N) is 2. The van der Waals surface area contributed by atoms with Gasteiger partial charge in [0.05, 0.1) is 11.7 Å². The fraction of sp³-hybridized carbons (Fsp3) is 0.474. The number of benzene rings is 1. The van der Waals surface area contributed by atoms with E-state index in [1.807, 2.05) is 20.8 Å². The van der Waals surface area contributed by atoms with E-state index in [1.54, 1.807) is 0 Å². The normalized spacial score (nSPS) is 13.7. The van der Waals surface area contributed by atoms with Crippen LogP contribution in [0.1, 0.15) is 72.5 Å². The number of aliphatic hydroxyl groups excluding tert-OH is 1. The number of aromatic carboxylic acids is 1. The number of hydrogen-bond acceptors (Lipinski definition) is 3. The molecular weight excluding hydrogens is 361 g/mol. The lowest BCUT2D eigenvalue weighted by Crippen LogP contribution is -2.22. The lowest BCUT2D eigenvalue weighted by molar-refractivity contribution is -0.139. The van der Waals surface area contributed by atoms with Gasteiger partial charge in [0, 0.05) is 17.7 Å². The molecule has 0 amide bonds. The third kappa shape index (κ3) is 4.16. The SMILES string of the molecule is Cc1c(C(=O)O)nc(C(C)(C)C)n1Cc1cccc(C(C)O)c1C(F)(F)F. The second-order valence-corrected chi connectivity index (χ2v) is 7.57. The standard InChI is InChI=1S/C19H23F3N2O3/c1-10-15(16(26)27)23-17(18(3,4)5)24(10)9-12-7-6-8-13(11(2)25)14(12)19(20,21)22/h6-8,11,25H,9H2,1-5H3,(H,26,27). The van der Waals surface area contributed by atoms with Crippen molar-refractivity contribution in [3.05, 3.63) is 52.1 Å². The van der Waals surface area contributed by atoms with E-state index in [2.05, 4.69) is 4.98 Å². The largest absolute Gasteiger partial charge is 0.476 e. The van der Waals surface area contributed by atoms with E-state index in [4.69, 9.17) is 0 Å². The molecular formula is C19H23F3N2O3. The van der Waals surface area contributed by atoms with Crippen LogP contribution in [0.5, 0.6) is 0 Å². The summed E-state index contributed by atoms with van der Waals surface area (Å²) in [6.45, 7) is 8.04. The molecule has 2 rings (SSSR count). The van der Waals surface area contributed by atoms with Gasteiger partial charge in [-0.3, -0.25) is 0 Å². The summed E-state index contributed by atoms with van der Waals surface area (Å²) in [5.74, 6) is -0.849. The summed E-state index contributed by atoms with van der Waals surface area (Å²) >= 11 is 0. The van der Waals surface area contributed by atoms with Gasteiger partial charge >= 0.3 is 12.1 Å². The van der Waals surface area contributed by atoms with Crippen LogP contribution in [0.15, 0.2) is 18.2 Å². The van der Waals surface area contributed by atoms with Gasteiger partial charge in [-0.1, -0.05) is 39.0 Å².